The van der Waals surface area contributed by atoms with Gasteiger partial charge in [0, 0.05) is 11.3 Å². The molecule has 34 heavy (non-hydrogen) atoms. The Labute approximate surface area is 197 Å². The fraction of sp³-hybridized carbons (Fsp3) is 0.179. The molecular weight excluding hydrogens is 426 g/mol. The molecule has 1 aliphatic heterocycles. The lowest BCUT2D eigenvalue weighted by molar-refractivity contribution is -0.139. The number of hydrogen-bond acceptors (Lipinski definition) is 3. The van der Waals surface area contributed by atoms with Crippen LogP contribution in [0.5, 0.6) is 0 Å². The molecule has 2 aliphatic carbocycles. The van der Waals surface area contributed by atoms with Crippen LogP contribution in [0.2, 0.25) is 0 Å². The number of allylic oxidation sites excluding steroid dienone is 2. The van der Waals surface area contributed by atoms with E-state index in [1.165, 1.54) is 27.3 Å². The van der Waals surface area contributed by atoms with Crippen LogP contribution in [0.1, 0.15) is 34.3 Å². The second-order valence-electron chi connectivity index (χ2n) is 9.02. The van der Waals surface area contributed by atoms with Gasteiger partial charge in [0.1, 0.15) is 0 Å². The van der Waals surface area contributed by atoms with Gasteiger partial charge in [-0.25, -0.2) is 5.01 Å². The number of carbonyl (C=O) groups is 3. The maximum absolute atomic E-state index is 13.1. The first-order chi connectivity index (χ1) is 16.6. The van der Waals surface area contributed by atoms with Gasteiger partial charge in [-0.05, 0) is 71.8 Å². The van der Waals surface area contributed by atoms with Crippen molar-refractivity contribution in [1.82, 2.24) is 5.43 Å². The minimum atomic E-state index is -0.369. The number of carbonyl (C=O) groups excluding carboxylic acids is 3. The molecule has 2 unspecified atom stereocenters. The lowest BCUT2D eigenvalue weighted by atomic mass is 9.80. The third-order valence-electron chi connectivity index (χ3n) is 6.95. The molecule has 1 saturated heterocycles. The monoisotopic (exact) mass is 449 g/mol. The van der Waals surface area contributed by atoms with E-state index in [0.29, 0.717) is 24.1 Å². The van der Waals surface area contributed by atoms with Crippen LogP contribution < -0.4 is 15.8 Å². The molecule has 2 N–H and O–H groups in total. The number of fused-ring (bicyclic) bond motifs is 4. The zero-order valence-electron chi connectivity index (χ0n) is 18.5. The highest BCUT2D eigenvalue weighted by Gasteiger charge is 2.42. The van der Waals surface area contributed by atoms with Gasteiger partial charge in [-0.3, -0.25) is 19.8 Å². The summed E-state index contributed by atoms with van der Waals surface area (Å²) in [5, 5.41) is 4.26. The van der Waals surface area contributed by atoms with Gasteiger partial charge in [-0.15, -0.1) is 0 Å². The van der Waals surface area contributed by atoms with Gasteiger partial charge in [0.25, 0.3) is 5.91 Å². The largest absolute Gasteiger partial charge is 0.322 e. The number of rotatable bonds is 3. The molecule has 3 amide bonds. The summed E-state index contributed by atoms with van der Waals surface area (Å²) < 4.78 is 0. The number of amides is 3. The van der Waals surface area contributed by atoms with Gasteiger partial charge in [0.05, 0.1) is 17.5 Å². The fourth-order valence-electron chi connectivity index (χ4n) is 5.20. The van der Waals surface area contributed by atoms with Crippen molar-refractivity contribution in [3.05, 3.63) is 95.6 Å². The van der Waals surface area contributed by atoms with E-state index in [1.807, 2.05) is 42.5 Å². The fourth-order valence-corrected chi connectivity index (χ4v) is 5.20. The molecule has 0 saturated carbocycles. The van der Waals surface area contributed by atoms with Crippen LogP contribution in [-0.4, -0.2) is 17.7 Å². The van der Waals surface area contributed by atoms with Crippen LogP contribution in [-0.2, 0) is 16.0 Å². The van der Waals surface area contributed by atoms with Crippen LogP contribution in [0.3, 0.4) is 0 Å². The van der Waals surface area contributed by atoms with Crippen LogP contribution in [0.4, 0.5) is 11.4 Å². The first kappa shape index (κ1) is 20.4. The van der Waals surface area contributed by atoms with Crippen molar-refractivity contribution < 1.29 is 14.4 Å². The second kappa shape index (κ2) is 7.99. The van der Waals surface area contributed by atoms with Gasteiger partial charge < -0.3 is 5.32 Å². The average molecular weight is 450 g/mol. The van der Waals surface area contributed by atoms with E-state index in [0.717, 1.165) is 12.1 Å². The average Bonchev–Trinajstić information content (AvgIpc) is 3.24. The summed E-state index contributed by atoms with van der Waals surface area (Å²) >= 11 is 0. The zero-order chi connectivity index (χ0) is 23.2. The molecule has 6 nitrogen and oxygen atoms in total. The lowest BCUT2D eigenvalue weighted by Gasteiger charge is -2.38. The summed E-state index contributed by atoms with van der Waals surface area (Å²) in [6.07, 6.45) is 5.88. The molecule has 0 bridgehead atoms. The molecule has 3 aromatic carbocycles. The molecule has 1 heterocycles. The van der Waals surface area contributed by atoms with Gasteiger partial charge in [-0.1, -0.05) is 48.6 Å². The standard InChI is InChI=1S/C28H23N3O3/c32-26(29-20-12-13-23-19(15-20)14-17-6-1-2-9-22(17)23)18-7-5-8-21(16-18)31-28(34)25-11-4-3-10-24(25)27(33)30-31/h1-9,12-13,15-16,24-25H,10-11,14H2,(H,29,32)(H,30,33). The SMILES string of the molecule is O=C(Nc1ccc2c(c1)Cc1ccccc1-2)c1cccc(N2NC(=O)C3CC=CCC3C2=O)c1. The summed E-state index contributed by atoms with van der Waals surface area (Å²) in [7, 11) is 0. The molecule has 0 spiro atoms. The quantitative estimate of drug-likeness (QED) is 0.453. The zero-order valence-corrected chi connectivity index (χ0v) is 18.5. The normalized spacial score (nSPS) is 20.3. The van der Waals surface area contributed by atoms with Crippen molar-refractivity contribution in [1.29, 1.82) is 0 Å². The van der Waals surface area contributed by atoms with Gasteiger partial charge >= 0.3 is 0 Å². The smallest absolute Gasteiger partial charge is 0.255 e. The van der Waals surface area contributed by atoms with Crippen molar-refractivity contribution in [2.45, 2.75) is 19.3 Å². The van der Waals surface area contributed by atoms with Gasteiger partial charge in [0.2, 0.25) is 11.8 Å². The summed E-state index contributed by atoms with van der Waals surface area (Å²) in [5.41, 5.74) is 9.24. The number of nitrogens with one attached hydrogen (secondary N) is 2. The maximum Gasteiger partial charge on any atom is 0.255 e. The van der Waals surface area contributed by atoms with E-state index in [-0.39, 0.29) is 29.6 Å². The number of hydrazine groups is 1. The summed E-state index contributed by atoms with van der Waals surface area (Å²) in [4.78, 5) is 38.7. The Hall–Kier alpha value is -4.19. The Morgan fingerprint density at radius 3 is 2.53 bits per heavy atom. The van der Waals surface area contributed by atoms with E-state index in [4.69, 9.17) is 0 Å². The van der Waals surface area contributed by atoms with Crippen LogP contribution in [0.25, 0.3) is 11.1 Å². The Balaban J connectivity index is 1.22. The van der Waals surface area contributed by atoms with Gasteiger partial charge in [-0.2, -0.15) is 0 Å². The topological polar surface area (TPSA) is 78.5 Å². The number of anilines is 2. The highest BCUT2D eigenvalue weighted by Crippen LogP contribution is 2.38. The molecule has 6 heteroatoms. The van der Waals surface area contributed by atoms with Crippen molar-refractivity contribution >= 4 is 29.1 Å². The lowest BCUT2D eigenvalue weighted by Crippen LogP contribution is -2.59. The highest BCUT2D eigenvalue weighted by molar-refractivity contribution is 6.07. The first-order valence-electron chi connectivity index (χ1n) is 11.5. The summed E-state index contributed by atoms with van der Waals surface area (Å²) in [5.74, 6) is -1.28. The third-order valence-corrected chi connectivity index (χ3v) is 6.95. The Morgan fingerprint density at radius 2 is 1.65 bits per heavy atom. The predicted octanol–water partition coefficient (Wildman–Crippen LogP) is 4.47. The van der Waals surface area contributed by atoms with Crippen molar-refractivity contribution in [3.63, 3.8) is 0 Å². The van der Waals surface area contributed by atoms with Gasteiger partial charge in [0.15, 0.2) is 0 Å². The van der Waals surface area contributed by atoms with E-state index in [1.54, 1.807) is 24.3 Å². The first-order valence-corrected chi connectivity index (χ1v) is 11.5. The molecule has 1 fully saturated rings. The van der Waals surface area contributed by atoms with Crippen molar-refractivity contribution in [2.24, 2.45) is 11.8 Å². The van der Waals surface area contributed by atoms with E-state index in [9.17, 15) is 14.4 Å². The minimum Gasteiger partial charge on any atom is -0.322 e. The molecule has 0 aromatic heterocycles. The summed E-state index contributed by atoms with van der Waals surface area (Å²) in [6.45, 7) is 0. The highest BCUT2D eigenvalue weighted by atomic mass is 16.2. The minimum absolute atomic E-state index is 0.148. The van der Waals surface area contributed by atoms with Crippen LogP contribution in [0.15, 0.2) is 78.9 Å². The second-order valence-corrected chi connectivity index (χ2v) is 9.02. The van der Waals surface area contributed by atoms with E-state index >= 15 is 0 Å². The molecule has 6 rings (SSSR count). The number of benzene rings is 3. The molecule has 168 valence electrons. The van der Waals surface area contributed by atoms with E-state index in [2.05, 4.69) is 22.9 Å². The Morgan fingerprint density at radius 1 is 0.853 bits per heavy atom. The van der Waals surface area contributed by atoms with E-state index < -0.39 is 0 Å². The molecule has 3 aliphatic rings. The number of hydrogen-bond donors (Lipinski definition) is 2. The van der Waals surface area contributed by atoms with Crippen molar-refractivity contribution in [3.8, 4) is 11.1 Å². The molecule has 0 radical (unpaired) electrons. The predicted molar refractivity (Wildman–Crippen MR) is 130 cm³/mol. The third kappa shape index (κ3) is 3.39. The molecule has 2 atom stereocenters. The summed E-state index contributed by atoms with van der Waals surface area (Å²) in [6, 6.07) is 21.1. The van der Waals surface area contributed by atoms with Crippen LogP contribution >= 0.6 is 0 Å². The van der Waals surface area contributed by atoms with Crippen LogP contribution in [0, 0.1) is 11.8 Å². The molecular formula is C28H23N3O3. The Bertz CT molecular complexity index is 1380. The number of nitrogens with zero attached hydrogens (tertiary/aromatic N) is 1. The maximum atomic E-state index is 13.1. The molecule has 3 aromatic rings. The Kier molecular flexibility index (Phi) is 4.80. The van der Waals surface area contributed by atoms with Crippen molar-refractivity contribution in [2.75, 3.05) is 10.3 Å².